The Balaban J connectivity index is 3.05. The zero-order valence-corrected chi connectivity index (χ0v) is 9.34. The van der Waals surface area contributed by atoms with Crippen LogP contribution in [0.3, 0.4) is 0 Å². The molecule has 0 aliphatic heterocycles. The molecule has 0 aliphatic rings. The molecule has 90 valence electrons. The van der Waals surface area contributed by atoms with E-state index in [1.165, 1.54) is 12.1 Å². The number of rotatable bonds is 4. The fourth-order valence-corrected chi connectivity index (χ4v) is 1.30. The Labute approximate surface area is 98.5 Å². The molecule has 0 atom stereocenters. The predicted octanol–water partition coefficient (Wildman–Crippen LogP) is 1.54. The van der Waals surface area contributed by atoms with E-state index in [4.69, 9.17) is 10.8 Å². The lowest BCUT2D eigenvalue weighted by atomic mass is 10.1. The van der Waals surface area contributed by atoms with Gasteiger partial charge in [0.2, 0.25) is 0 Å². The number of benzene rings is 1. The molecule has 1 aromatic carbocycles. The molecule has 0 unspecified atom stereocenters. The van der Waals surface area contributed by atoms with Crippen LogP contribution in [0.2, 0.25) is 0 Å². The second-order valence-electron chi connectivity index (χ2n) is 3.20. The normalized spacial score (nSPS) is 10.4. The van der Waals surface area contributed by atoms with Gasteiger partial charge in [0.25, 0.3) is 0 Å². The summed E-state index contributed by atoms with van der Waals surface area (Å²) < 4.78 is 4.69. The first-order valence-corrected chi connectivity index (χ1v) is 5.03. The molecule has 0 aromatic heterocycles. The van der Waals surface area contributed by atoms with Crippen molar-refractivity contribution >= 4 is 23.7 Å². The van der Waals surface area contributed by atoms with Crippen LogP contribution < -0.4 is 5.73 Å². The lowest BCUT2D eigenvalue weighted by Gasteiger charge is -2.04. The Morgan fingerprint density at radius 2 is 2.18 bits per heavy atom. The minimum absolute atomic E-state index is 0.0468. The number of anilines is 1. The van der Waals surface area contributed by atoms with Gasteiger partial charge in [-0.15, -0.1) is 0 Å². The molecule has 0 saturated heterocycles. The molecule has 0 saturated carbocycles. The number of nitrogens with two attached hydrogens (primary N) is 1. The van der Waals surface area contributed by atoms with Gasteiger partial charge in [-0.25, -0.2) is 9.59 Å². The van der Waals surface area contributed by atoms with E-state index in [1.807, 2.05) is 0 Å². The number of carbonyl (C=O) groups excluding carboxylic acids is 1. The molecule has 0 fully saturated rings. The zero-order chi connectivity index (χ0) is 12.8. The number of nitrogen functional groups attached to an aromatic ring is 1. The number of hydrogen-bond donors (Lipinski definition) is 2. The van der Waals surface area contributed by atoms with Crippen molar-refractivity contribution in [2.24, 2.45) is 0 Å². The van der Waals surface area contributed by atoms with E-state index in [0.29, 0.717) is 11.3 Å². The first-order valence-electron chi connectivity index (χ1n) is 5.03. The summed E-state index contributed by atoms with van der Waals surface area (Å²) in [6, 6.07) is 4.53. The highest BCUT2D eigenvalue weighted by atomic mass is 16.5. The Kier molecular flexibility index (Phi) is 4.28. The minimum atomic E-state index is -1.10. The van der Waals surface area contributed by atoms with Crippen molar-refractivity contribution in [3.8, 4) is 0 Å². The molecule has 0 bridgehead atoms. The van der Waals surface area contributed by atoms with E-state index in [9.17, 15) is 9.59 Å². The standard InChI is InChI=1S/C12H13NO4/c1-2-17-11(14)7-6-8-9(12(15)16)4-3-5-10(8)13/h3-7H,2,13H2,1H3,(H,15,16). The number of aromatic carboxylic acids is 1. The van der Waals surface area contributed by atoms with Crippen LogP contribution in [-0.4, -0.2) is 23.7 Å². The number of carboxylic acid groups (broad SMARTS) is 1. The summed E-state index contributed by atoms with van der Waals surface area (Å²) in [4.78, 5) is 22.1. The summed E-state index contributed by atoms with van der Waals surface area (Å²) in [6.45, 7) is 1.95. The fraction of sp³-hybridized carbons (Fsp3) is 0.167. The third-order valence-electron chi connectivity index (χ3n) is 2.04. The third-order valence-corrected chi connectivity index (χ3v) is 2.04. The van der Waals surface area contributed by atoms with Crippen LogP contribution in [-0.2, 0) is 9.53 Å². The molecule has 3 N–H and O–H groups in total. The predicted molar refractivity (Wildman–Crippen MR) is 63.5 cm³/mol. The van der Waals surface area contributed by atoms with Crippen molar-refractivity contribution < 1.29 is 19.4 Å². The lowest BCUT2D eigenvalue weighted by Crippen LogP contribution is -2.03. The lowest BCUT2D eigenvalue weighted by molar-refractivity contribution is -0.137. The number of carbonyl (C=O) groups is 2. The maximum Gasteiger partial charge on any atom is 0.336 e. The van der Waals surface area contributed by atoms with Crippen LogP contribution in [0.25, 0.3) is 6.08 Å². The fourth-order valence-electron chi connectivity index (χ4n) is 1.30. The van der Waals surface area contributed by atoms with Crippen LogP contribution in [0.1, 0.15) is 22.8 Å². The molecule has 0 radical (unpaired) electrons. The van der Waals surface area contributed by atoms with Crippen LogP contribution in [0.5, 0.6) is 0 Å². The Morgan fingerprint density at radius 1 is 1.47 bits per heavy atom. The van der Waals surface area contributed by atoms with Crippen LogP contribution in [0, 0.1) is 0 Å². The SMILES string of the molecule is CCOC(=O)C=Cc1c(N)cccc1C(=O)O. The Bertz CT molecular complexity index is 466. The summed E-state index contributed by atoms with van der Waals surface area (Å²) in [7, 11) is 0. The zero-order valence-electron chi connectivity index (χ0n) is 9.34. The van der Waals surface area contributed by atoms with Gasteiger partial charge in [-0.2, -0.15) is 0 Å². The number of carboxylic acids is 1. The molecule has 1 aromatic rings. The topological polar surface area (TPSA) is 89.6 Å². The van der Waals surface area contributed by atoms with Gasteiger partial charge in [0.1, 0.15) is 0 Å². The van der Waals surface area contributed by atoms with Gasteiger partial charge in [-0.3, -0.25) is 0 Å². The van der Waals surface area contributed by atoms with Crippen molar-refractivity contribution in [3.63, 3.8) is 0 Å². The van der Waals surface area contributed by atoms with Gasteiger partial charge in [0.05, 0.1) is 12.2 Å². The number of esters is 1. The molecule has 5 heteroatoms. The number of ether oxygens (including phenoxy) is 1. The summed E-state index contributed by atoms with van der Waals surface area (Å²) in [6.07, 6.45) is 2.50. The van der Waals surface area contributed by atoms with Gasteiger partial charge in [0.15, 0.2) is 0 Å². The average molecular weight is 235 g/mol. The van der Waals surface area contributed by atoms with E-state index in [1.54, 1.807) is 19.1 Å². The van der Waals surface area contributed by atoms with Crippen molar-refractivity contribution in [1.82, 2.24) is 0 Å². The highest BCUT2D eigenvalue weighted by Crippen LogP contribution is 2.18. The Morgan fingerprint density at radius 3 is 2.76 bits per heavy atom. The minimum Gasteiger partial charge on any atom is -0.478 e. The van der Waals surface area contributed by atoms with E-state index in [2.05, 4.69) is 4.74 Å². The van der Waals surface area contributed by atoms with E-state index >= 15 is 0 Å². The van der Waals surface area contributed by atoms with Gasteiger partial charge in [0, 0.05) is 17.3 Å². The van der Waals surface area contributed by atoms with Gasteiger partial charge < -0.3 is 15.6 Å². The second kappa shape index (κ2) is 5.69. The number of hydrogen-bond acceptors (Lipinski definition) is 4. The van der Waals surface area contributed by atoms with E-state index in [-0.39, 0.29) is 12.2 Å². The Hall–Kier alpha value is -2.30. The van der Waals surface area contributed by atoms with Crippen molar-refractivity contribution in [2.45, 2.75) is 6.92 Å². The van der Waals surface area contributed by atoms with Crippen molar-refractivity contribution in [3.05, 3.63) is 35.4 Å². The molecule has 0 spiro atoms. The van der Waals surface area contributed by atoms with Crippen LogP contribution in [0.4, 0.5) is 5.69 Å². The average Bonchev–Trinajstić information content (AvgIpc) is 2.27. The summed E-state index contributed by atoms with van der Waals surface area (Å²) in [5.41, 5.74) is 6.30. The smallest absolute Gasteiger partial charge is 0.336 e. The molecular weight excluding hydrogens is 222 g/mol. The molecule has 1 rings (SSSR count). The quantitative estimate of drug-likeness (QED) is 0.469. The van der Waals surface area contributed by atoms with Crippen LogP contribution >= 0.6 is 0 Å². The molecule has 5 nitrogen and oxygen atoms in total. The molecule has 0 aliphatic carbocycles. The second-order valence-corrected chi connectivity index (χ2v) is 3.20. The first-order chi connectivity index (χ1) is 8.06. The molecule has 0 amide bonds. The van der Waals surface area contributed by atoms with Crippen LogP contribution in [0.15, 0.2) is 24.3 Å². The highest BCUT2D eigenvalue weighted by molar-refractivity contribution is 5.97. The van der Waals surface area contributed by atoms with Crippen molar-refractivity contribution in [1.29, 1.82) is 0 Å². The highest BCUT2D eigenvalue weighted by Gasteiger charge is 2.10. The van der Waals surface area contributed by atoms with E-state index in [0.717, 1.165) is 6.08 Å². The van der Waals surface area contributed by atoms with E-state index < -0.39 is 11.9 Å². The summed E-state index contributed by atoms with van der Waals surface area (Å²) >= 11 is 0. The maximum atomic E-state index is 11.1. The summed E-state index contributed by atoms with van der Waals surface area (Å²) in [5.74, 6) is -1.63. The van der Waals surface area contributed by atoms with Gasteiger partial charge in [-0.1, -0.05) is 6.07 Å². The molecular formula is C12H13NO4. The first kappa shape index (κ1) is 12.8. The van der Waals surface area contributed by atoms with Gasteiger partial charge >= 0.3 is 11.9 Å². The monoisotopic (exact) mass is 235 g/mol. The van der Waals surface area contributed by atoms with Gasteiger partial charge in [-0.05, 0) is 25.1 Å². The molecule has 17 heavy (non-hydrogen) atoms. The largest absolute Gasteiger partial charge is 0.478 e. The third kappa shape index (κ3) is 3.34. The summed E-state index contributed by atoms with van der Waals surface area (Å²) in [5, 5.41) is 8.95. The van der Waals surface area contributed by atoms with Crippen molar-refractivity contribution in [2.75, 3.05) is 12.3 Å². The maximum absolute atomic E-state index is 11.1. The molecule has 0 heterocycles.